The molecule has 1 heterocycles. The average molecular weight is 464 g/mol. The largest absolute Gasteiger partial charge is 0.392 e. The van der Waals surface area contributed by atoms with Crippen LogP contribution in [0.3, 0.4) is 0 Å². The molecule has 190 valence electrons. The molecule has 0 unspecified atom stereocenters. The first-order chi connectivity index (χ1) is 15.4. The molecule has 1 saturated heterocycles. The van der Waals surface area contributed by atoms with Gasteiger partial charge in [0, 0.05) is 31.5 Å². The predicted octanol–water partition coefficient (Wildman–Crippen LogP) is 3.58. The van der Waals surface area contributed by atoms with Crippen LogP contribution >= 0.6 is 0 Å². The van der Waals surface area contributed by atoms with E-state index in [0.29, 0.717) is 13.0 Å². The highest BCUT2D eigenvalue weighted by Gasteiger charge is 2.53. The second-order valence-electron chi connectivity index (χ2n) is 12.8. The summed E-state index contributed by atoms with van der Waals surface area (Å²) in [6, 6.07) is 0.0934. The first kappa shape index (κ1) is 26.5. The van der Waals surface area contributed by atoms with Crippen LogP contribution in [0.15, 0.2) is 0 Å². The molecule has 2 saturated carbocycles. The van der Waals surface area contributed by atoms with Gasteiger partial charge in [0.15, 0.2) is 0 Å². The zero-order valence-electron chi connectivity index (χ0n) is 22.0. The molecule has 0 spiro atoms. The quantitative estimate of drug-likeness (QED) is 0.539. The average Bonchev–Trinajstić information content (AvgIpc) is 3.22. The van der Waals surface area contributed by atoms with Crippen LogP contribution < -0.4 is 10.6 Å². The maximum Gasteiger partial charge on any atom is 0.223 e. The summed E-state index contributed by atoms with van der Waals surface area (Å²) in [7, 11) is 0. The van der Waals surface area contributed by atoms with Crippen LogP contribution in [-0.2, 0) is 9.59 Å². The van der Waals surface area contributed by atoms with Gasteiger partial charge in [-0.3, -0.25) is 9.59 Å². The molecule has 33 heavy (non-hydrogen) atoms. The van der Waals surface area contributed by atoms with E-state index in [1.807, 2.05) is 6.92 Å². The summed E-state index contributed by atoms with van der Waals surface area (Å²) in [5, 5.41) is 18.0. The molecule has 7 atom stereocenters. The summed E-state index contributed by atoms with van der Waals surface area (Å²) >= 11 is 0. The molecular weight excluding hydrogens is 414 g/mol. The number of hydrogen-bond acceptors (Lipinski definition) is 4. The molecule has 2 amide bonds. The summed E-state index contributed by atoms with van der Waals surface area (Å²) in [6.45, 7) is 16.6. The van der Waals surface area contributed by atoms with Gasteiger partial charge in [-0.15, -0.1) is 0 Å². The van der Waals surface area contributed by atoms with Gasteiger partial charge in [-0.1, -0.05) is 41.5 Å². The Hall–Kier alpha value is -1.14. The van der Waals surface area contributed by atoms with Gasteiger partial charge in [-0.05, 0) is 80.2 Å². The van der Waals surface area contributed by atoms with E-state index in [0.717, 1.165) is 45.3 Å². The summed E-state index contributed by atoms with van der Waals surface area (Å²) < 4.78 is 0. The van der Waals surface area contributed by atoms with Crippen molar-refractivity contribution in [3.05, 3.63) is 0 Å². The summed E-state index contributed by atoms with van der Waals surface area (Å²) in [5.74, 6) is 0.240. The number of carbonyl (C=O) groups is 2. The number of aliphatic hydroxyl groups is 1. The van der Waals surface area contributed by atoms with Gasteiger partial charge in [-0.25, -0.2) is 0 Å². The normalized spacial score (nSPS) is 36.2. The highest BCUT2D eigenvalue weighted by atomic mass is 16.3. The summed E-state index contributed by atoms with van der Waals surface area (Å²) in [6.07, 6.45) is 6.43. The number of aliphatic hydroxyl groups excluding tert-OH is 1. The number of rotatable bonds is 7. The van der Waals surface area contributed by atoms with Crippen LogP contribution in [0.1, 0.15) is 86.5 Å². The Morgan fingerprint density at radius 2 is 1.79 bits per heavy atom. The Morgan fingerprint density at radius 3 is 2.42 bits per heavy atom. The number of nitrogens with one attached hydrogen (secondary N) is 2. The third-order valence-corrected chi connectivity index (χ3v) is 8.91. The van der Waals surface area contributed by atoms with Gasteiger partial charge in [-0.2, -0.15) is 0 Å². The van der Waals surface area contributed by atoms with Crippen molar-refractivity contribution < 1.29 is 14.7 Å². The molecule has 0 radical (unpaired) electrons. The second kappa shape index (κ2) is 10.6. The highest BCUT2D eigenvalue weighted by molar-refractivity contribution is 5.78. The predicted molar refractivity (Wildman–Crippen MR) is 133 cm³/mol. The maximum atomic E-state index is 12.9. The minimum atomic E-state index is -0.514. The van der Waals surface area contributed by atoms with Crippen LogP contribution in [0.4, 0.5) is 0 Å². The summed E-state index contributed by atoms with van der Waals surface area (Å²) in [5.41, 5.74) is 0.0378. The highest BCUT2D eigenvalue weighted by Crippen LogP contribution is 2.55. The lowest BCUT2D eigenvalue weighted by Crippen LogP contribution is -2.58. The van der Waals surface area contributed by atoms with Crippen molar-refractivity contribution in [3.8, 4) is 0 Å². The molecule has 1 aliphatic heterocycles. The van der Waals surface area contributed by atoms with E-state index in [4.69, 9.17) is 0 Å². The smallest absolute Gasteiger partial charge is 0.223 e. The standard InChI is InChI=1S/C27H49N3O3/c1-18(25(33)28-13-16-30-14-7-8-15-30)20-9-11-27(6)12-10-21(19(2)23(27)24(20)32)29-22(31)17-26(3,4)5/h18-21,23-24,32H,7-17H2,1-6H3,(H,28,33)(H,29,31)/t18-,19+,20+,21-,23+,24-,27-/m0/s1. The molecule has 3 rings (SSSR count). The van der Waals surface area contributed by atoms with Gasteiger partial charge in [0.25, 0.3) is 0 Å². The van der Waals surface area contributed by atoms with Gasteiger partial charge in [0.05, 0.1) is 6.10 Å². The van der Waals surface area contributed by atoms with Crippen molar-refractivity contribution in [1.82, 2.24) is 15.5 Å². The zero-order valence-corrected chi connectivity index (χ0v) is 22.0. The lowest BCUT2D eigenvalue weighted by atomic mass is 9.51. The molecule has 0 aromatic rings. The van der Waals surface area contributed by atoms with Gasteiger partial charge in [0.2, 0.25) is 11.8 Å². The van der Waals surface area contributed by atoms with Crippen molar-refractivity contribution >= 4 is 11.8 Å². The fraction of sp³-hybridized carbons (Fsp3) is 0.926. The molecule has 6 nitrogen and oxygen atoms in total. The monoisotopic (exact) mass is 463 g/mol. The van der Waals surface area contributed by atoms with Gasteiger partial charge in [0.1, 0.15) is 0 Å². The van der Waals surface area contributed by atoms with Crippen molar-refractivity contribution in [2.24, 2.45) is 34.5 Å². The molecule has 0 bridgehead atoms. The molecule has 2 aliphatic carbocycles. The SMILES string of the molecule is C[C@H]1[C@@H]2[C@@H](O)[C@@H]([C@H](C)C(=O)NCCN3CCCC3)CC[C@@]2(C)CC[C@@H]1NC(=O)CC(C)(C)C. The van der Waals surface area contributed by atoms with Crippen molar-refractivity contribution in [1.29, 1.82) is 0 Å². The van der Waals surface area contributed by atoms with E-state index in [1.165, 1.54) is 12.8 Å². The number of amides is 2. The first-order valence-corrected chi connectivity index (χ1v) is 13.4. The van der Waals surface area contributed by atoms with Crippen molar-refractivity contribution in [2.45, 2.75) is 98.6 Å². The third-order valence-electron chi connectivity index (χ3n) is 8.91. The fourth-order valence-corrected chi connectivity index (χ4v) is 6.94. The third kappa shape index (κ3) is 6.50. The van der Waals surface area contributed by atoms with Crippen molar-refractivity contribution in [2.75, 3.05) is 26.2 Å². The van der Waals surface area contributed by atoms with E-state index in [9.17, 15) is 14.7 Å². The first-order valence-electron chi connectivity index (χ1n) is 13.4. The lowest BCUT2D eigenvalue weighted by molar-refractivity contribution is -0.144. The topological polar surface area (TPSA) is 81.7 Å². The molecule has 0 aromatic carbocycles. The second-order valence-corrected chi connectivity index (χ2v) is 12.8. The fourth-order valence-electron chi connectivity index (χ4n) is 6.94. The van der Waals surface area contributed by atoms with E-state index in [-0.39, 0.29) is 52.4 Å². The van der Waals surface area contributed by atoms with Crippen molar-refractivity contribution in [3.63, 3.8) is 0 Å². The minimum Gasteiger partial charge on any atom is -0.392 e. The molecule has 0 aromatic heterocycles. The van der Waals surface area contributed by atoms with E-state index in [2.05, 4.69) is 50.2 Å². The van der Waals surface area contributed by atoms with E-state index in [1.54, 1.807) is 0 Å². The number of likely N-dealkylation sites (tertiary alicyclic amines) is 1. The molecule has 3 N–H and O–H groups in total. The molecule has 6 heteroatoms. The molecule has 3 aliphatic rings. The number of carbonyl (C=O) groups excluding carboxylic acids is 2. The number of hydrogen-bond donors (Lipinski definition) is 3. The summed E-state index contributed by atoms with van der Waals surface area (Å²) in [4.78, 5) is 28.0. The Labute approximate surface area is 201 Å². The van der Waals surface area contributed by atoms with Crippen LogP contribution in [0, 0.1) is 34.5 Å². The zero-order chi connectivity index (χ0) is 24.4. The minimum absolute atomic E-state index is 0.0265. The van der Waals surface area contributed by atoms with Gasteiger partial charge < -0.3 is 20.6 Å². The van der Waals surface area contributed by atoms with E-state index < -0.39 is 6.10 Å². The van der Waals surface area contributed by atoms with Crippen LogP contribution in [0.5, 0.6) is 0 Å². The van der Waals surface area contributed by atoms with Crippen LogP contribution in [-0.4, -0.2) is 60.1 Å². The Kier molecular flexibility index (Phi) is 8.53. The maximum absolute atomic E-state index is 12.9. The van der Waals surface area contributed by atoms with Gasteiger partial charge >= 0.3 is 0 Å². The molecular formula is C27H49N3O3. The Balaban J connectivity index is 1.59. The molecule has 3 fully saturated rings. The van der Waals surface area contributed by atoms with Crippen LogP contribution in [0.2, 0.25) is 0 Å². The number of nitrogens with zero attached hydrogens (tertiary/aromatic N) is 1. The Bertz CT molecular complexity index is 685. The Morgan fingerprint density at radius 1 is 1.15 bits per heavy atom. The lowest BCUT2D eigenvalue weighted by Gasteiger charge is -2.56. The number of fused-ring (bicyclic) bond motifs is 1. The van der Waals surface area contributed by atoms with Crippen LogP contribution in [0.25, 0.3) is 0 Å². The van der Waals surface area contributed by atoms with E-state index >= 15 is 0 Å².